The van der Waals surface area contributed by atoms with Crippen LogP contribution in [-0.2, 0) is 11.4 Å². The number of rotatable bonds is 4. The van der Waals surface area contributed by atoms with E-state index in [1.165, 1.54) is 0 Å². The van der Waals surface area contributed by atoms with Crippen molar-refractivity contribution in [3.05, 3.63) is 29.0 Å². The molecule has 124 valence electrons. The standard InChI is InChI=1S/C15H21N5O2S/c1-11-8-18(9-12(2)22-11)10-19-15(23)20(17-16-19)13-4-6-14(21-3)7-5-13/h4-7,11-12H,8-10H2,1-3H3/t11-,12-/m0/s1. The normalized spacial score (nSPS) is 22.2. The van der Waals surface area contributed by atoms with Crippen LogP contribution in [0.4, 0.5) is 0 Å². The fourth-order valence-electron chi connectivity index (χ4n) is 2.84. The van der Waals surface area contributed by atoms with Crippen molar-refractivity contribution in [2.24, 2.45) is 0 Å². The number of benzene rings is 1. The van der Waals surface area contributed by atoms with E-state index in [-0.39, 0.29) is 12.2 Å². The molecule has 23 heavy (non-hydrogen) atoms. The smallest absolute Gasteiger partial charge is 0.221 e. The first-order chi connectivity index (χ1) is 11.1. The molecule has 0 aliphatic carbocycles. The highest BCUT2D eigenvalue weighted by Gasteiger charge is 2.23. The van der Waals surface area contributed by atoms with E-state index in [1.54, 1.807) is 16.5 Å². The number of tetrazole rings is 1. The summed E-state index contributed by atoms with van der Waals surface area (Å²) in [5.41, 5.74) is 0.866. The third kappa shape index (κ3) is 3.60. The average molecular weight is 335 g/mol. The quantitative estimate of drug-likeness (QED) is 0.795. The van der Waals surface area contributed by atoms with Gasteiger partial charge in [0.05, 0.1) is 31.7 Å². The molecule has 1 aliphatic heterocycles. The molecule has 2 aromatic rings. The maximum absolute atomic E-state index is 5.75. The highest BCUT2D eigenvalue weighted by Crippen LogP contribution is 2.15. The summed E-state index contributed by atoms with van der Waals surface area (Å²) in [6, 6.07) is 7.57. The molecule has 0 N–H and O–H groups in total. The molecule has 8 heteroatoms. The Morgan fingerprint density at radius 1 is 1.17 bits per heavy atom. The molecule has 0 bridgehead atoms. The number of ether oxygens (including phenoxy) is 2. The Labute approximate surface area is 140 Å². The van der Waals surface area contributed by atoms with Crippen LogP contribution in [0.1, 0.15) is 13.8 Å². The molecule has 0 saturated carbocycles. The van der Waals surface area contributed by atoms with Crippen LogP contribution in [0.2, 0.25) is 0 Å². The van der Waals surface area contributed by atoms with E-state index in [9.17, 15) is 0 Å². The van der Waals surface area contributed by atoms with Crippen LogP contribution in [0.5, 0.6) is 5.75 Å². The lowest BCUT2D eigenvalue weighted by Gasteiger charge is -2.34. The van der Waals surface area contributed by atoms with Gasteiger partial charge in [0, 0.05) is 13.1 Å². The molecule has 7 nitrogen and oxygen atoms in total. The summed E-state index contributed by atoms with van der Waals surface area (Å²) < 4.78 is 14.9. The van der Waals surface area contributed by atoms with Crippen molar-refractivity contribution in [3.8, 4) is 11.4 Å². The monoisotopic (exact) mass is 335 g/mol. The maximum atomic E-state index is 5.75. The molecule has 0 radical (unpaired) electrons. The van der Waals surface area contributed by atoms with Gasteiger partial charge in [0.1, 0.15) is 5.75 Å². The van der Waals surface area contributed by atoms with Crippen molar-refractivity contribution in [2.45, 2.75) is 32.7 Å². The fourth-order valence-corrected chi connectivity index (χ4v) is 3.07. The van der Waals surface area contributed by atoms with E-state index in [4.69, 9.17) is 21.7 Å². The Hall–Kier alpha value is -1.77. The highest BCUT2D eigenvalue weighted by molar-refractivity contribution is 7.71. The van der Waals surface area contributed by atoms with Gasteiger partial charge in [-0.25, -0.2) is 4.68 Å². The van der Waals surface area contributed by atoms with E-state index < -0.39 is 0 Å². The highest BCUT2D eigenvalue weighted by atomic mass is 32.1. The zero-order valence-corrected chi connectivity index (χ0v) is 14.4. The number of methoxy groups -OCH3 is 1. The summed E-state index contributed by atoms with van der Waals surface area (Å²) in [5, 5.41) is 8.36. The Kier molecular flexibility index (Phi) is 4.74. The van der Waals surface area contributed by atoms with Crippen LogP contribution in [0, 0.1) is 4.77 Å². The lowest BCUT2D eigenvalue weighted by atomic mass is 10.2. The van der Waals surface area contributed by atoms with Crippen molar-refractivity contribution in [1.29, 1.82) is 0 Å². The maximum Gasteiger partial charge on any atom is 0.221 e. The lowest BCUT2D eigenvalue weighted by Crippen LogP contribution is -2.46. The minimum atomic E-state index is 0.213. The molecule has 0 unspecified atom stereocenters. The summed E-state index contributed by atoms with van der Waals surface area (Å²) >= 11 is 5.51. The molecule has 1 fully saturated rings. The average Bonchev–Trinajstić information content (AvgIpc) is 2.87. The van der Waals surface area contributed by atoms with Gasteiger partial charge in [-0.2, -0.15) is 4.68 Å². The molecular weight excluding hydrogens is 314 g/mol. The van der Waals surface area contributed by atoms with Gasteiger partial charge in [-0.15, -0.1) is 0 Å². The molecular formula is C15H21N5O2S. The van der Waals surface area contributed by atoms with Gasteiger partial charge in [0.15, 0.2) is 0 Å². The van der Waals surface area contributed by atoms with Crippen LogP contribution in [0.15, 0.2) is 24.3 Å². The molecule has 1 aromatic heterocycles. The summed E-state index contributed by atoms with van der Waals surface area (Å²) in [7, 11) is 1.64. The predicted octanol–water partition coefficient (Wildman–Crippen LogP) is 1.87. The SMILES string of the molecule is COc1ccc(-n2nnn(CN3C[C@H](C)O[C@@H](C)C3)c2=S)cc1. The molecule has 3 rings (SSSR count). The first-order valence-corrected chi connectivity index (χ1v) is 8.02. The zero-order chi connectivity index (χ0) is 16.4. The molecule has 0 amide bonds. The van der Waals surface area contributed by atoms with Crippen molar-refractivity contribution in [1.82, 2.24) is 24.7 Å². The number of nitrogens with zero attached hydrogens (tertiary/aromatic N) is 5. The second-order valence-corrected chi connectivity index (χ2v) is 6.17. The Bertz CT molecular complexity index is 701. The van der Waals surface area contributed by atoms with E-state index in [0.717, 1.165) is 24.5 Å². The van der Waals surface area contributed by atoms with Crippen LogP contribution >= 0.6 is 12.2 Å². The molecule has 1 aliphatic rings. The van der Waals surface area contributed by atoms with Crippen molar-refractivity contribution < 1.29 is 9.47 Å². The van der Waals surface area contributed by atoms with E-state index in [1.807, 2.05) is 24.3 Å². The van der Waals surface area contributed by atoms with Gasteiger partial charge in [-0.3, -0.25) is 4.90 Å². The number of morpholine rings is 1. The molecule has 0 spiro atoms. The second kappa shape index (κ2) is 6.77. The Balaban J connectivity index is 1.77. The molecule has 1 saturated heterocycles. The van der Waals surface area contributed by atoms with Gasteiger partial charge in [0.25, 0.3) is 0 Å². The van der Waals surface area contributed by atoms with E-state index in [0.29, 0.717) is 11.4 Å². The second-order valence-electron chi connectivity index (χ2n) is 5.81. The van der Waals surface area contributed by atoms with Crippen LogP contribution in [-0.4, -0.2) is 57.1 Å². The first-order valence-electron chi connectivity index (χ1n) is 7.62. The van der Waals surface area contributed by atoms with Gasteiger partial charge in [-0.1, -0.05) is 0 Å². The topological polar surface area (TPSA) is 57.3 Å². The number of hydrogen-bond donors (Lipinski definition) is 0. The minimum absolute atomic E-state index is 0.213. The molecule has 2 atom stereocenters. The summed E-state index contributed by atoms with van der Waals surface area (Å²) in [6.07, 6.45) is 0.425. The third-order valence-corrected chi connectivity index (χ3v) is 4.17. The lowest BCUT2D eigenvalue weighted by molar-refractivity contribution is -0.0778. The molecule has 2 heterocycles. The summed E-state index contributed by atoms with van der Waals surface area (Å²) in [4.78, 5) is 2.28. The fraction of sp³-hybridized carbons (Fsp3) is 0.533. The number of aromatic nitrogens is 4. The van der Waals surface area contributed by atoms with Crippen molar-refractivity contribution in [3.63, 3.8) is 0 Å². The zero-order valence-electron chi connectivity index (χ0n) is 13.5. The van der Waals surface area contributed by atoms with Crippen molar-refractivity contribution >= 4 is 12.2 Å². The Morgan fingerprint density at radius 2 is 1.83 bits per heavy atom. The first kappa shape index (κ1) is 16.1. The Morgan fingerprint density at radius 3 is 2.43 bits per heavy atom. The summed E-state index contributed by atoms with van der Waals surface area (Å²) in [6.45, 7) is 6.50. The minimum Gasteiger partial charge on any atom is -0.497 e. The predicted molar refractivity (Wildman–Crippen MR) is 88.3 cm³/mol. The van der Waals surface area contributed by atoms with Gasteiger partial charge in [0.2, 0.25) is 4.77 Å². The van der Waals surface area contributed by atoms with E-state index >= 15 is 0 Å². The summed E-state index contributed by atoms with van der Waals surface area (Å²) in [5.74, 6) is 0.795. The van der Waals surface area contributed by atoms with Gasteiger partial charge in [-0.05, 0) is 60.8 Å². The number of hydrogen-bond acceptors (Lipinski definition) is 6. The van der Waals surface area contributed by atoms with Crippen LogP contribution in [0.25, 0.3) is 5.69 Å². The van der Waals surface area contributed by atoms with Crippen LogP contribution in [0.3, 0.4) is 0 Å². The largest absolute Gasteiger partial charge is 0.497 e. The third-order valence-electron chi connectivity index (χ3n) is 3.79. The van der Waals surface area contributed by atoms with Crippen molar-refractivity contribution in [2.75, 3.05) is 20.2 Å². The van der Waals surface area contributed by atoms with Gasteiger partial charge >= 0.3 is 0 Å². The van der Waals surface area contributed by atoms with E-state index in [2.05, 4.69) is 29.2 Å². The van der Waals surface area contributed by atoms with Crippen LogP contribution < -0.4 is 4.74 Å². The molecule has 1 aromatic carbocycles. The van der Waals surface area contributed by atoms with Gasteiger partial charge < -0.3 is 9.47 Å².